The molecule has 1 fully saturated rings. The Labute approximate surface area is 89.9 Å². The second-order valence-corrected chi connectivity index (χ2v) is 4.09. The molecule has 2 rings (SSSR count). The van der Waals surface area contributed by atoms with Crippen molar-refractivity contribution in [3.8, 4) is 0 Å². The highest BCUT2D eigenvalue weighted by molar-refractivity contribution is 5.80. The van der Waals surface area contributed by atoms with Crippen LogP contribution in [0.4, 0.5) is 0 Å². The topological polar surface area (TPSA) is 38.1 Å². The first-order chi connectivity index (χ1) is 7.20. The number of carbonyl (C=O) groups is 1. The van der Waals surface area contributed by atoms with Crippen LogP contribution in [0.15, 0.2) is 12.4 Å². The second kappa shape index (κ2) is 4.04. The highest BCUT2D eigenvalue weighted by Crippen LogP contribution is 2.16. The highest BCUT2D eigenvalue weighted by Gasteiger charge is 2.24. The van der Waals surface area contributed by atoms with Gasteiger partial charge in [0.15, 0.2) is 0 Å². The number of amides is 1. The summed E-state index contributed by atoms with van der Waals surface area (Å²) in [5.74, 6) is 1.11. The Morgan fingerprint density at radius 3 is 2.67 bits per heavy atom. The van der Waals surface area contributed by atoms with Crippen molar-refractivity contribution in [2.24, 2.45) is 0 Å². The largest absolute Gasteiger partial charge is 0.341 e. The van der Waals surface area contributed by atoms with Crippen molar-refractivity contribution in [2.75, 3.05) is 13.1 Å². The molecule has 1 aromatic rings. The third-order valence-electron chi connectivity index (χ3n) is 3.05. The molecule has 0 saturated carbocycles. The SMILES string of the molecule is Cc1nccn1C(C)C(=O)N1CCCC1. The fourth-order valence-corrected chi connectivity index (χ4v) is 2.12. The molecule has 0 aliphatic carbocycles. The number of aromatic nitrogens is 2. The maximum atomic E-state index is 12.1. The molecule has 0 radical (unpaired) electrons. The van der Waals surface area contributed by atoms with Crippen molar-refractivity contribution in [3.05, 3.63) is 18.2 Å². The number of imidazole rings is 1. The average Bonchev–Trinajstić information content (AvgIpc) is 2.85. The van der Waals surface area contributed by atoms with Crippen molar-refractivity contribution < 1.29 is 4.79 Å². The molecule has 1 amide bonds. The first-order valence-electron chi connectivity index (χ1n) is 5.48. The van der Waals surface area contributed by atoms with Crippen molar-refractivity contribution in [2.45, 2.75) is 32.7 Å². The van der Waals surface area contributed by atoms with E-state index in [0.29, 0.717) is 0 Å². The molecular weight excluding hydrogens is 190 g/mol. The van der Waals surface area contributed by atoms with Gasteiger partial charge in [-0.3, -0.25) is 4.79 Å². The van der Waals surface area contributed by atoms with E-state index in [0.717, 1.165) is 31.8 Å². The number of rotatable bonds is 2. The van der Waals surface area contributed by atoms with Gasteiger partial charge < -0.3 is 9.47 Å². The average molecular weight is 207 g/mol. The number of likely N-dealkylation sites (tertiary alicyclic amines) is 1. The Kier molecular flexibility index (Phi) is 2.75. The van der Waals surface area contributed by atoms with E-state index < -0.39 is 0 Å². The number of aryl methyl sites for hydroxylation is 1. The first kappa shape index (κ1) is 10.2. The van der Waals surface area contributed by atoms with Gasteiger partial charge in [-0.1, -0.05) is 0 Å². The lowest BCUT2D eigenvalue weighted by Gasteiger charge is -2.21. The normalized spacial score (nSPS) is 18.1. The summed E-state index contributed by atoms with van der Waals surface area (Å²) >= 11 is 0. The smallest absolute Gasteiger partial charge is 0.245 e. The Morgan fingerprint density at radius 2 is 2.13 bits per heavy atom. The molecule has 1 aliphatic rings. The third-order valence-corrected chi connectivity index (χ3v) is 3.05. The minimum atomic E-state index is -0.120. The molecule has 1 aromatic heterocycles. The maximum Gasteiger partial charge on any atom is 0.245 e. The van der Waals surface area contributed by atoms with Crippen molar-refractivity contribution >= 4 is 5.91 Å². The van der Waals surface area contributed by atoms with Gasteiger partial charge in [-0.05, 0) is 26.7 Å². The summed E-state index contributed by atoms with van der Waals surface area (Å²) in [7, 11) is 0. The van der Waals surface area contributed by atoms with Gasteiger partial charge in [0.1, 0.15) is 11.9 Å². The minimum Gasteiger partial charge on any atom is -0.341 e. The summed E-state index contributed by atoms with van der Waals surface area (Å²) in [6.07, 6.45) is 5.89. The van der Waals surface area contributed by atoms with Gasteiger partial charge in [0.05, 0.1) is 0 Å². The van der Waals surface area contributed by atoms with Crippen LogP contribution in [0.1, 0.15) is 31.6 Å². The highest BCUT2D eigenvalue weighted by atomic mass is 16.2. The minimum absolute atomic E-state index is 0.120. The van der Waals surface area contributed by atoms with Crippen LogP contribution in [0.2, 0.25) is 0 Å². The summed E-state index contributed by atoms with van der Waals surface area (Å²) in [5, 5.41) is 0. The van der Waals surface area contributed by atoms with E-state index in [9.17, 15) is 4.79 Å². The summed E-state index contributed by atoms with van der Waals surface area (Å²) in [6, 6.07) is -0.120. The maximum absolute atomic E-state index is 12.1. The molecule has 1 aliphatic heterocycles. The molecule has 0 aromatic carbocycles. The van der Waals surface area contributed by atoms with E-state index in [1.165, 1.54) is 0 Å². The molecule has 1 saturated heterocycles. The van der Waals surface area contributed by atoms with Crippen LogP contribution in [0.25, 0.3) is 0 Å². The van der Waals surface area contributed by atoms with Crippen LogP contribution in [-0.4, -0.2) is 33.4 Å². The molecule has 82 valence electrons. The van der Waals surface area contributed by atoms with Crippen molar-refractivity contribution in [1.29, 1.82) is 0 Å². The van der Waals surface area contributed by atoms with Gasteiger partial charge in [0.25, 0.3) is 0 Å². The standard InChI is InChI=1S/C11H17N3O/c1-9(14-8-5-12-10(14)2)11(15)13-6-3-4-7-13/h5,8-9H,3-4,6-7H2,1-2H3. The summed E-state index contributed by atoms with van der Waals surface area (Å²) in [6.45, 7) is 5.69. The third kappa shape index (κ3) is 1.89. The van der Waals surface area contributed by atoms with E-state index in [2.05, 4.69) is 4.98 Å². The van der Waals surface area contributed by atoms with Crippen LogP contribution in [0, 0.1) is 6.92 Å². The van der Waals surface area contributed by atoms with Gasteiger partial charge in [0.2, 0.25) is 5.91 Å². The predicted molar refractivity (Wildman–Crippen MR) is 57.5 cm³/mol. The van der Waals surface area contributed by atoms with Gasteiger partial charge in [-0.2, -0.15) is 0 Å². The quantitative estimate of drug-likeness (QED) is 0.734. The predicted octanol–water partition coefficient (Wildman–Crippen LogP) is 1.37. The number of hydrogen-bond donors (Lipinski definition) is 0. The van der Waals surface area contributed by atoms with Crippen LogP contribution in [0.3, 0.4) is 0 Å². The molecule has 4 nitrogen and oxygen atoms in total. The van der Waals surface area contributed by atoms with Crippen molar-refractivity contribution in [3.63, 3.8) is 0 Å². The monoisotopic (exact) mass is 207 g/mol. The molecule has 0 N–H and O–H groups in total. The van der Waals surface area contributed by atoms with Crippen LogP contribution < -0.4 is 0 Å². The van der Waals surface area contributed by atoms with Gasteiger partial charge in [-0.25, -0.2) is 4.98 Å². The van der Waals surface area contributed by atoms with E-state index in [1.807, 2.05) is 29.5 Å². The van der Waals surface area contributed by atoms with Crippen LogP contribution in [0.5, 0.6) is 0 Å². The Balaban J connectivity index is 2.10. The molecule has 1 unspecified atom stereocenters. The Morgan fingerprint density at radius 1 is 1.47 bits per heavy atom. The first-order valence-corrected chi connectivity index (χ1v) is 5.48. The zero-order chi connectivity index (χ0) is 10.8. The molecule has 1 atom stereocenters. The summed E-state index contributed by atoms with van der Waals surface area (Å²) in [4.78, 5) is 18.2. The number of hydrogen-bond acceptors (Lipinski definition) is 2. The fraction of sp³-hybridized carbons (Fsp3) is 0.636. The number of nitrogens with zero attached hydrogens (tertiary/aromatic N) is 3. The van der Waals surface area contributed by atoms with E-state index in [4.69, 9.17) is 0 Å². The van der Waals surface area contributed by atoms with Crippen LogP contribution in [-0.2, 0) is 4.79 Å². The molecular formula is C11H17N3O. The van der Waals surface area contributed by atoms with E-state index in [1.54, 1.807) is 6.20 Å². The fourth-order valence-electron chi connectivity index (χ4n) is 2.12. The van der Waals surface area contributed by atoms with Crippen molar-refractivity contribution in [1.82, 2.24) is 14.5 Å². The van der Waals surface area contributed by atoms with Gasteiger partial charge in [-0.15, -0.1) is 0 Å². The zero-order valence-electron chi connectivity index (χ0n) is 9.31. The summed E-state index contributed by atoms with van der Waals surface area (Å²) < 4.78 is 1.93. The molecule has 4 heteroatoms. The second-order valence-electron chi connectivity index (χ2n) is 4.09. The van der Waals surface area contributed by atoms with Gasteiger partial charge in [0, 0.05) is 25.5 Å². The molecule has 2 heterocycles. The lowest BCUT2D eigenvalue weighted by molar-refractivity contribution is -0.133. The lowest BCUT2D eigenvalue weighted by Crippen LogP contribution is -2.34. The van der Waals surface area contributed by atoms with E-state index in [-0.39, 0.29) is 11.9 Å². The molecule has 0 bridgehead atoms. The summed E-state index contributed by atoms with van der Waals surface area (Å²) in [5.41, 5.74) is 0. The lowest BCUT2D eigenvalue weighted by atomic mass is 10.3. The Bertz CT molecular complexity index is 352. The van der Waals surface area contributed by atoms with E-state index >= 15 is 0 Å². The molecule has 15 heavy (non-hydrogen) atoms. The van der Waals surface area contributed by atoms with Gasteiger partial charge >= 0.3 is 0 Å². The Hall–Kier alpha value is -1.32. The zero-order valence-corrected chi connectivity index (χ0v) is 9.31. The number of carbonyl (C=O) groups excluding carboxylic acids is 1. The van der Waals surface area contributed by atoms with Crippen LogP contribution >= 0.6 is 0 Å². The molecule has 0 spiro atoms.